The maximum absolute atomic E-state index is 11.9. The first-order valence-corrected chi connectivity index (χ1v) is 7.65. The van der Waals surface area contributed by atoms with Gasteiger partial charge in [0.25, 0.3) is 0 Å². The van der Waals surface area contributed by atoms with Crippen molar-refractivity contribution in [1.82, 2.24) is 5.32 Å². The Kier molecular flexibility index (Phi) is 7.76. The van der Waals surface area contributed by atoms with Gasteiger partial charge in [-0.05, 0) is 26.0 Å². The molecule has 0 aromatic heterocycles. The number of carbonyl (C=O) groups is 2. The molecular formula is C15H21ClN2O6. The van der Waals surface area contributed by atoms with Crippen molar-refractivity contribution in [2.45, 2.75) is 19.4 Å². The monoisotopic (exact) mass is 360 g/mol. The summed E-state index contributed by atoms with van der Waals surface area (Å²) >= 11 is 6.06. The highest BCUT2D eigenvalue weighted by atomic mass is 35.5. The van der Waals surface area contributed by atoms with Gasteiger partial charge in [0.1, 0.15) is 6.61 Å². The highest BCUT2D eigenvalue weighted by Crippen LogP contribution is 2.32. The van der Waals surface area contributed by atoms with Gasteiger partial charge in [-0.2, -0.15) is 0 Å². The number of hydrogen-bond acceptors (Lipinski definition) is 5. The fourth-order valence-electron chi connectivity index (χ4n) is 1.60. The predicted octanol–water partition coefficient (Wildman–Crippen LogP) is 1.71. The third-order valence-corrected chi connectivity index (χ3v) is 3.24. The second-order valence-electron chi connectivity index (χ2n) is 5.05. The summed E-state index contributed by atoms with van der Waals surface area (Å²) in [5.41, 5.74) is -1.76. The number of halogens is 1. The lowest BCUT2D eigenvalue weighted by Gasteiger charge is -2.19. The molecule has 0 aliphatic heterocycles. The fourth-order valence-corrected chi connectivity index (χ4v) is 1.82. The molecule has 0 bridgehead atoms. The van der Waals surface area contributed by atoms with E-state index >= 15 is 0 Å². The van der Waals surface area contributed by atoms with Gasteiger partial charge in [-0.3, -0.25) is 0 Å². The van der Waals surface area contributed by atoms with Crippen LogP contribution in [0.15, 0.2) is 18.2 Å². The standard InChI is InChI=1S/C15H21ClN2O6/c1-3-23-7-8-24-12-10(16)5-4-6-11(12)18-14(21)17-9-15(2,22)13(19)20/h4-6,22H,3,7-9H2,1-2H3,(H,19,20)(H2,17,18,21). The summed E-state index contributed by atoms with van der Waals surface area (Å²) in [6, 6.07) is 4.11. The highest BCUT2D eigenvalue weighted by Gasteiger charge is 2.30. The van der Waals surface area contributed by atoms with Gasteiger partial charge in [0, 0.05) is 6.61 Å². The van der Waals surface area contributed by atoms with E-state index in [9.17, 15) is 14.7 Å². The van der Waals surface area contributed by atoms with Gasteiger partial charge in [-0.1, -0.05) is 17.7 Å². The van der Waals surface area contributed by atoms with Crippen LogP contribution in [0.3, 0.4) is 0 Å². The van der Waals surface area contributed by atoms with E-state index in [1.807, 2.05) is 6.92 Å². The lowest BCUT2D eigenvalue weighted by molar-refractivity contribution is -0.155. The fraction of sp³-hybridized carbons (Fsp3) is 0.467. The lowest BCUT2D eigenvalue weighted by atomic mass is 10.1. The quantitative estimate of drug-likeness (QED) is 0.498. The van der Waals surface area contributed by atoms with Crippen LogP contribution >= 0.6 is 11.6 Å². The van der Waals surface area contributed by atoms with E-state index in [1.54, 1.807) is 18.2 Å². The molecule has 1 rings (SSSR count). The van der Waals surface area contributed by atoms with Gasteiger partial charge in [-0.25, -0.2) is 9.59 Å². The Balaban J connectivity index is 2.67. The molecule has 9 heteroatoms. The molecule has 1 atom stereocenters. The largest absolute Gasteiger partial charge is 0.487 e. The Morgan fingerprint density at radius 3 is 2.67 bits per heavy atom. The third kappa shape index (κ3) is 6.23. The van der Waals surface area contributed by atoms with Crippen molar-refractivity contribution in [3.63, 3.8) is 0 Å². The maximum Gasteiger partial charge on any atom is 0.337 e. The second-order valence-corrected chi connectivity index (χ2v) is 5.46. The normalized spacial score (nSPS) is 13.0. The number of carboxylic acids is 1. The number of carbonyl (C=O) groups excluding carboxylic acids is 1. The van der Waals surface area contributed by atoms with E-state index in [4.69, 9.17) is 26.2 Å². The van der Waals surface area contributed by atoms with Crippen molar-refractivity contribution in [3.8, 4) is 5.75 Å². The molecular weight excluding hydrogens is 340 g/mol. The van der Waals surface area contributed by atoms with Crippen molar-refractivity contribution in [2.24, 2.45) is 0 Å². The van der Waals surface area contributed by atoms with Crippen LogP contribution in [-0.4, -0.2) is 54.2 Å². The van der Waals surface area contributed by atoms with E-state index in [1.165, 1.54) is 0 Å². The number of aliphatic carboxylic acids is 1. The number of rotatable bonds is 9. The van der Waals surface area contributed by atoms with Crippen LogP contribution in [0.2, 0.25) is 5.02 Å². The average molecular weight is 361 g/mol. The predicted molar refractivity (Wildman–Crippen MR) is 88.7 cm³/mol. The number of amides is 2. The van der Waals surface area contributed by atoms with Gasteiger partial charge < -0.3 is 30.3 Å². The van der Waals surface area contributed by atoms with Crippen molar-refractivity contribution in [2.75, 3.05) is 31.7 Å². The third-order valence-electron chi connectivity index (χ3n) is 2.95. The molecule has 0 aliphatic carbocycles. The number of nitrogens with one attached hydrogen (secondary N) is 2. The van der Waals surface area contributed by atoms with Crippen molar-refractivity contribution in [3.05, 3.63) is 23.2 Å². The van der Waals surface area contributed by atoms with Crippen LogP contribution in [0.25, 0.3) is 0 Å². The SMILES string of the molecule is CCOCCOc1c(Cl)cccc1NC(=O)NCC(C)(O)C(=O)O. The average Bonchev–Trinajstić information content (AvgIpc) is 2.51. The summed E-state index contributed by atoms with van der Waals surface area (Å²) in [7, 11) is 0. The van der Waals surface area contributed by atoms with Crippen molar-refractivity contribution < 1.29 is 29.3 Å². The Morgan fingerprint density at radius 1 is 1.33 bits per heavy atom. The highest BCUT2D eigenvalue weighted by molar-refractivity contribution is 6.32. The van der Waals surface area contributed by atoms with E-state index in [-0.39, 0.29) is 12.4 Å². The number of carboxylic acid groups (broad SMARTS) is 1. The first kappa shape index (κ1) is 20.0. The summed E-state index contributed by atoms with van der Waals surface area (Å²) in [5, 5.41) is 23.4. The first-order valence-electron chi connectivity index (χ1n) is 7.27. The van der Waals surface area contributed by atoms with Crippen LogP contribution in [0.4, 0.5) is 10.5 Å². The van der Waals surface area contributed by atoms with E-state index < -0.39 is 24.1 Å². The number of ether oxygens (including phenoxy) is 2. The van der Waals surface area contributed by atoms with Gasteiger partial charge in [0.05, 0.1) is 23.9 Å². The number of aliphatic hydroxyl groups is 1. The molecule has 8 nitrogen and oxygen atoms in total. The number of benzene rings is 1. The van der Waals surface area contributed by atoms with Crippen molar-refractivity contribution in [1.29, 1.82) is 0 Å². The van der Waals surface area contributed by atoms with Crippen LogP contribution in [0, 0.1) is 0 Å². The molecule has 0 heterocycles. The molecule has 0 saturated heterocycles. The van der Waals surface area contributed by atoms with E-state index in [0.717, 1.165) is 6.92 Å². The number of urea groups is 1. The number of hydrogen-bond donors (Lipinski definition) is 4. The van der Waals surface area contributed by atoms with E-state index in [2.05, 4.69) is 10.6 Å². The van der Waals surface area contributed by atoms with Gasteiger partial charge in [0.15, 0.2) is 11.4 Å². The molecule has 0 saturated carbocycles. The van der Waals surface area contributed by atoms with Crippen LogP contribution in [-0.2, 0) is 9.53 Å². The number of anilines is 1. The molecule has 2 amide bonds. The summed E-state index contributed by atoms with van der Waals surface area (Å²) in [6.07, 6.45) is 0. The molecule has 0 spiro atoms. The molecule has 0 radical (unpaired) electrons. The summed E-state index contributed by atoms with van der Waals surface area (Å²) < 4.78 is 10.7. The minimum atomic E-state index is -2.07. The van der Waals surface area contributed by atoms with Crippen LogP contribution < -0.4 is 15.4 Å². The van der Waals surface area contributed by atoms with Crippen molar-refractivity contribution >= 4 is 29.3 Å². The summed E-state index contributed by atoms with van der Waals surface area (Å²) in [5.74, 6) is -1.16. The zero-order valence-corrected chi connectivity index (χ0v) is 14.2. The molecule has 1 aromatic rings. The number of para-hydroxylation sites is 1. The lowest BCUT2D eigenvalue weighted by Crippen LogP contribution is -2.47. The summed E-state index contributed by atoms with van der Waals surface area (Å²) in [4.78, 5) is 22.7. The molecule has 1 aromatic carbocycles. The Hall–Kier alpha value is -2.03. The zero-order chi connectivity index (χ0) is 18.2. The first-order chi connectivity index (χ1) is 11.3. The molecule has 0 aliphatic rings. The van der Waals surface area contributed by atoms with E-state index in [0.29, 0.717) is 23.9 Å². The van der Waals surface area contributed by atoms with Crippen LogP contribution in [0.5, 0.6) is 5.75 Å². The van der Waals surface area contributed by atoms with Gasteiger partial charge in [-0.15, -0.1) is 0 Å². The molecule has 0 fully saturated rings. The maximum atomic E-state index is 11.9. The second kappa shape index (κ2) is 9.31. The smallest absolute Gasteiger partial charge is 0.337 e. The van der Waals surface area contributed by atoms with Gasteiger partial charge >= 0.3 is 12.0 Å². The molecule has 1 unspecified atom stereocenters. The zero-order valence-electron chi connectivity index (χ0n) is 13.5. The summed E-state index contributed by atoms with van der Waals surface area (Å²) in [6.45, 7) is 3.66. The topological polar surface area (TPSA) is 117 Å². The van der Waals surface area contributed by atoms with Crippen LogP contribution in [0.1, 0.15) is 13.8 Å². The Labute approximate surface area is 144 Å². The molecule has 24 heavy (non-hydrogen) atoms. The Morgan fingerprint density at radius 2 is 2.04 bits per heavy atom. The van der Waals surface area contributed by atoms with Gasteiger partial charge in [0.2, 0.25) is 0 Å². The molecule has 4 N–H and O–H groups in total. The Bertz CT molecular complexity index is 579. The minimum Gasteiger partial charge on any atom is -0.487 e. The molecule has 134 valence electrons. The minimum absolute atomic E-state index is 0.252.